The van der Waals surface area contributed by atoms with Crippen molar-refractivity contribution in [2.24, 2.45) is 7.05 Å². The molecule has 0 radical (unpaired) electrons. The van der Waals surface area contributed by atoms with Gasteiger partial charge in [0.1, 0.15) is 5.69 Å². The molecule has 0 saturated carbocycles. The predicted octanol–water partition coefficient (Wildman–Crippen LogP) is 1.65. The highest BCUT2D eigenvalue weighted by Gasteiger charge is 2.21. The predicted molar refractivity (Wildman–Crippen MR) is 46.9 cm³/mol. The summed E-state index contributed by atoms with van der Waals surface area (Å²) in [6, 6.07) is 0. The lowest BCUT2D eigenvalue weighted by Crippen LogP contribution is -2.00. The topological polar surface area (TPSA) is 61.0 Å². The summed E-state index contributed by atoms with van der Waals surface area (Å²) in [5.41, 5.74) is 0.835. The van der Waals surface area contributed by atoms with Crippen LogP contribution in [0.1, 0.15) is 12.6 Å². The Bertz CT molecular complexity index is 321. The third-order valence-corrected chi connectivity index (χ3v) is 2.27. The molecule has 0 fully saturated rings. The number of hydrogen-bond donors (Lipinski definition) is 0. The van der Waals surface area contributed by atoms with Crippen LogP contribution in [0.25, 0.3) is 0 Å². The van der Waals surface area contributed by atoms with E-state index in [1.807, 2.05) is 6.92 Å². The molecule has 0 aliphatic heterocycles. The van der Waals surface area contributed by atoms with Gasteiger partial charge in [-0.05, 0) is 20.9 Å². The molecule has 1 aromatic rings. The zero-order chi connectivity index (χ0) is 9.30. The van der Waals surface area contributed by atoms with Crippen molar-refractivity contribution in [3.63, 3.8) is 0 Å². The van der Waals surface area contributed by atoms with Crippen LogP contribution in [0.3, 0.4) is 0 Å². The molecule has 1 aromatic heterocycles. The lowest BCUT2D eigenvalue weighted by atomic mass is 10.4. The van der Waals surface area contributed by atoms with Crippen LogP contribution >= 0.6 is 15.9 Å². The Labute approximate surface area is 77.7 Å². The summed E-state index contributed by atoms with van der Waals surface area (Å²) in [4.78, 5) is 13.7. The second-order valence-electron chi connectivity index (χ2n) is 2.32. The van der Waals surface area contributed by atoms with E-state index in [2.05, 4.69) is 20.9 Å². The number of aromatic nitrogens is 2. The van der Waals surface area contributed by atoms with E-state index in [9.17, 15) is 10.1 Å². The third-order valence-electron chi connectivity index (χ3n) is 1.64. The van der Waals surface area contributed by atoms with Crippen LogP contribution in [-0.2, 0) is 13.5 Å². The number of nitrogens with zero attached hydrogens (tertiary/aromatic N) is 3. The van der Waals surface area contributed by atoms with Gasteiger partial charge in [-0.1, -0.05) is 11.9 Å². The zero-order valence-electron chi connectivity index (χ0n) is 6.74. The molecule has 0 saturated heterocycles. The van der Waals surface area contributed by atoms with E-state index in [-0.39, 0.29) is 5.95 Å². The molecular weight excluding hydrogens is 226 g/mol. The van der Waals surface area contributed by atoms with Gasteiger partial charge in [0.25, 0.3) is 0 Å². The van der Waals surface area contributed by atoms with E-state index in [0.29, 0.717) is 4.60 Å². The van der Waals surface area contributed by atoms with Crippen molar-refractivity contribution in [1.29, 1.82) is 0 Å². The summed E-state index contributed by atoms with van der Waals surface area (Å²) in [5.74, 6) is -0.126. The van der Waals surface area contributed by atoms with E-state index in [0.717, 1.165) is 12.1 Å². The van der Waals surface area contributed by atoms with Gasteiger partial charge in [-0.15, -0.1) is 0 Å². The summed E-state index contributed by atoms with van der Waals surface area (Å²) >= 11 is 3.16. The summed E-state index contributed by atoms with van der Waals surface area (Å²) in [6.07, 6.45) is 0.720. The van der Waals surface area contributed by atoms with E-state index >= 15 is 0 Å². The zero-order valence-corrected chi connectivity index (χ0v) is 8.33. The largest absolute Gasteiger partial charge is 0.435 e. The molecule has 0 unspecified atom stereocenters. The molecule has 6 heteroatoms. The first-order chi connectivity index (χ1) is 5.57. The van der Waals surface area contributed by atoms with Gasteiger partial charge >= 0.3 is 5.95 Å². The standard InChI is InChI=1S/C6H8BrN3O2/c1-3-4-5(7)8-6(9(4)2)10(11)12/h3H2,1-2H3. The molecule has 0 aliphatic rings. The van der Waals surface area contributed by atoms with Crippen LogP contribution in [0.2, 0.25) is 0 Å². The number of halogens is 1. The van der Waals surface area contributed by atoms with Crippen LogP contribution in [0.4, 0.5) is 5.95 Å². The molecule has 0 atom stereocenters. The first-order valence-electron chi connectivity index (χ1n) is 3.43. The molecule has 0 spiro atoms. The van der Waals surface area contributed by atoms with Gasteiger partial charge in [-0.2, -0.15) is 0 Å². The van der Waals surface area contributed by atoms with E-state index in [4.69, 9.17) is 0 Å². The molecule has 0 amide bonds. The minimum Gasteiger partial charge on any atom is -0.390 e. The van der Waals surface area contributed by atoms with Crippen molar-refractivity contribution in [1.82, 2.24) is 9.55 Å². The van der Waals surface area contributed by atoms with Gasteiger partial charge < -0.3 is 10.1 Å². The Hall–Kier alpha value is -0.910. The van der Waals surface area contributed by atoms with Gasteiger partial charge in [0, 0.05) is 6.42 Å². The normalized spacial score (nSPS) is 10.2. The van der Waals surface area contributed by atoms with Gasteiger partial charge in [-0.3, -0.25) is 0 Å². The minimum atomic E-state index is -0.496. The molecule has 1 rings (SSSR count). The molecule has 5 nitrogen and oxygen atoms in total. The van der Waals surface area contributed by atoms with Crippen LogP contribution in [0.5, 0.6) is 0 Å². The molecule has 66 valence electrons. The van der Waals surface area contributed by atoms with Crippen molar-refractivity contribution < 1.29 is 4.92 Å². The second-order valence-corrected chi connectivity index (χ2v) is 3.07. The number of imidazole rings is 1. The lowest BCUT2D eigenvalue weighted by molar-refractivity contribution is -0.396. The molecular formula is C6H8BrN3O2. The number of rotatable bonds is 2. The Morgan fingerprint density at radius 2 is 2.33 bits per heavy atom. The smallest absolute Gasteiger partial charge is 0.390 e. The second kappa shape index (κ2) is 3.22. The average molecular weight is 234 g/mol. The number of hydrogen-bond acceptors (Lipinski definition) is 3. The number of nitro groups is 1. The summed E-state index contributed by atoms with van der Waals surface area (Å²) in [7, 11) is 1.63. The van der Waals surface area contributed by atoms with E-state index in [1.54, 1.807) is 7.05 Å². The monoisotopic (exact) mass is 233 g/mol. The van der Waals surface area contributed by atoms with Gasteiger partial charge in [0.2, 0.25) is 4.60 Å². The Morgan fingerprint density at radius 3 is 2.58 bits per heavy atom. The van der Waals surface area contributed by atoms with Crippen molar-refractivity contribution >= 4 is 21.9 Å². The molecule has 0 N–H and O–H groups in total. The molecule has 0 aromatic carbocycles. The maximum absolute atomic E-state index is 10.4. The first-order valence-corrected chi connectivity index (χ1v) is 4.22. The van der Waals surface area contributed by atoms with Crippen LogP contribution in [-0.4, -0.2) is 14.5 Å². The van der Waals surface area contributed by atoms with Crippen LogP contribution in [0, 0.1) is 10.1 Å². The van der Waals surface area contributed by atoms with Crippen LogP contribution in [0.15, 0.2) is 4.60 Å². The maximum atomic E-state index is 10.4. The van der Waals surface area contributed by atoms with E-state index in [1.165, 1.54) is 4.57 Å². The van der Waals surface area contributed by atoms with Crippen LogP contribution < -0.4 is 0 Å². The molecule has 12 heavy (non-hydrogen) atoms. The van der Waals surface area contributed by atoms with Gasteiger partial charge in [-0.25, -0.2) is 4.57 Å². The fourth-order valence-electron chi connectivity index (χ4n) is 1.03. The SMILES string of the molecule is CCc1c(Br)nc([N+](=O)[O-])n1C. The summed E-state index contributed by atoms with van der Waals surface area (Å²) < 4.78 is 2.03. The Balaban J connectivity index is 3.26. The lowest BCUT2D eigenvalue weighted by Gasteiger charge is -1.95. The highest BCUT2D eigenvalue weighted by molar-refractivity contribution is 9.10. The fourth-order valence-corrected chi connectivity index (χ4v) is 1.74. The fraction of sp³-hybridized carbons (Fsp3) is 0.500. The highest BCUT2D eigenvalue weighted by Crippen LogP contribution is 2.21. The maximum Gasteiger partial charge on any atom is 0.435 e. The van der Waals surface area contributed by atoms with Gasteiger partial charge in [0.05, 0.1) is 7.05 Å². The minimum absolute atomic E-state index is 0.126. The summed E-state index contributed by atoms with van der Waals surface area (Å²) in [6.45, 7) is 1.92. The first kappa shape index (κ1) is 9.18. The van der Waals surface area contributed by atoms with Crippen molar-refractivity contribution in [3.05, 3.63) is 20.4 Å². The molecule has 0 bridgehead atoms. The highest BCUT2D eigenvalue weighted by atomic mass is 79.9. The molecule has 1 heterocycles. The third kappa shape index (κ3) is 1.34. The average Bonchev–Trinajstić information content (AvgIpc) is 2.27. The van der Waals surface area contributed by atoms with Gasteiger partial charge in [0.15, 0.2) is 0 Å². The van der Waals surface area contributed by atoms with Crippen molar-refractivity contribution in [3.8, 4) is 0 Å². The van der Waals surface area contributed by atoms with E-state index < -0.39 is 4.92 Å². The summed E-state index contributed by atoms with van der Waals surface area (Å²) in [5, 5.41) is 10.4. The Kier molecular flexibility index (Phi) is 2.46. The van der Waals surface area contributed by atoms with Crippen molar-refractivity contribution in [2.45, 2.75) is 13.3 Å². The quantitative estimate of drug-likeness (QED) is 0.577. The Morgan fingerprint density at radius 1 is 1.75 bits per heavy atom. The molecule has 0 aliphatic carbocycles. The van der Waals surface area contributed by atoms with Crippen molar-refractivity contribution in [2.75, 3.05) is 0 Å².